The van der Waals surface area contributed by atoms with E-state index in [2.05, 4.69) is 15.3 Å². The summed E-state index contributed by atoms with van der Waals surface area (Å²) in [5.74, 6) is 0.810. The molecule has 0 aliphatic carbocycles. The minimum absolute atomic E-state index is 0.0132. The van der Waals surface area contributed by atoms with E-state index in [0.29, 0.717) is 35.8 Å². The molecule has 0 fully saturated rings. The van der Waals surface area contributed by atoms with Crippen molar-refractivity contribution < 1.29 is 10.2 Å². The van der Waals surface area contributed by atoms with E-state index in [-0.39, 0.29) is 17.6 Å². The second-order valence-corrected chi connectivity index (χ2v) is 5.99. The molecule has 0 saturated carbocycles. The lowest BCUT2D eigenvalue weighted by atomic mass is 10.2. The average Bonchev–Trinajstić information content (AvgIpc) is 2.88. The standard InChI is InChI=1S/C13H17N5O3/c1-5-3-8(20)18-12(21)9-10(16-13(18)14-5)15-11-7(19)4-6(2)17(9)11/h5-8,19-20H,3-4H2,1-2H3,(H,14,16)/t5-,6+,7+,8-/m1/s1. The van der Waals surface area contributed by atoms with Crippen LogP contribution in [0.15, 0.2) is 4.79 Å². The molecule has 112 valence electrons. The van der Waals surface area contributed by atoms with Crippen molar-refractivity contribution in [2.24, 2.45) is 0 Å². The lowest BCUT2D eigenvalue weighted by Crippen LogP contribution is -2.38. The quantitative estimate of drug-likeness (QED) is 0.644. The number of hydrogen-bond acceptors (Lipinski definition) is 6. The second kappa shape index (κ2) is 4.05. The number of aliphatic hydroxyl groups excluding tert-OH is 2. The van der Waals surface area contributed by atoms with Crippen LogP contribution in [-0.2, 0) is 0 Å². The lowest BCUT2D eigenvalue weighted by molar-refractivity contribution is 0.0804. The minimum atomic E-state index is -0.895. The van der Waals surface area contributed by atoms with E-state index in [0.717, 1.165) is 0 Å². The summed E-state index contributed by atoms with van der Waals surface area (Å²) in [4.78, 5) is 21.4. The molecule has 8 nitrogen and oxygen atoms in total. The van der Waals surface area contributed by atoms with Crippen molar-refractivity contribution in [3.8, 4) is 0 Å². The predicted molar refractivity (Wildman–Crippen MR) is 75.0 cm³/mol. The maximum atomic E-state index is 12.7. The topological polar surface area (TPSA) is 105 Å². The molecule has 0 radical (unpaired) electrons. The fourth-order valence-electron chi connectivity index (χ4n) is 3.37. The molecule has 4 heterocycles. The van der Waals surface area contributed by atoms with Gasteiger partial charge in [-0.2, -0.15) is 4.98 Å². The number of aromatic nitrogens is 4. The van der Waals surface area contributed by atoms with Crippen LogP contribution < -0.4 is 10.9 Å². The van der Waals surface area contributed by atoms with Crippen molar-refractivity contribution >= 4 is 17.1 Å². The molecular formula is C13H17N5O3. The van der Waals surface area contributed by atoms with Gasteiger partial charge in [0.25, 0.3) is 5.56 Å². The predicted octanol–water partition coefficient (Wildman–Crippen LogP) is 0.286. The Morgan fingerprint density at radius 1 is 1.19 bits per heavy atom. The Morgan fingerprint density at radius 2 is 1.95 bits per heavy atom. The van der Waals surface area contributed by atoms with Crippen molar-refractivity contribution in [1.82, 2.24) is 19.1 Å². The first-order valence-electron chi connectivity index (χ1n) is 7.14. The van der Waals surface area contributed by atoms with Crippen molar-refractivity contribution in [3.63, 3.8) is 0 Å². The van der Waals surface area contributed by atoms with Gasteiger partial charge < -0.3 is 20.1 Å². The molecule has 3 N–H and O–H groups in total. The minimum Gasteiger partial charge on any atom is -0.385 e. The van der Waals surface area contributed by atoms with Crippen molar-refractivity contribution in [3.05, 3.63) is 16.2 Å². The monoisotopic (exact) mass is 291 g/mol. The normalized spacial score (nSPS) is 31.0. The summed E-state index contributed by atoms with van der Waals surface area (Å²) in [7, 11) is 0. The molecule has 4 rings (SSSR count). The lowest BCUT2D eigenvalue weighted by Gasteiger charge is -2.28. The van der Waals surface area contributed by atoms with E-state index in [4.69, 9.17) is 0 Å². The average molecular weight is 291 g/mol. The Kier molecular flexibility index (Phi) is 2.46. The zero-order valence-corrected chi connectivity index (χ0v) is 11.8. The van der Waals surface area contributed by atoms with Crippen LogP contribution in [0.1, 0.15) is 50.9 Å². The number of nitrogens with one attached hydrogen (secondary N) is 1. The highest BCUT2D eigenvalue weighted by atomic mass is 16.3. The smallest absolute Gasteiger partial charge is 0.283 e. The van der Waals surface area contributed by atoms with Crippen LogP contribution in [0.25, 0.3) is 11.2 Å². The zero-order chi connectivity index (χ0) is 14.9. The van der Waals surface area contributed by atoms with E-state index in [9.17, 15) is 15.0 Å². The molecular weight excluding hydrogens is 274 g/mol. The molecule has 0 saturated heterocycles. The fraction of sp³-hybridized carbons (Fsp3) is 0.615. The summed E-state index contributed by atoms with van der Waals surface area (Å²) in [6.07, 6.45) is -0.586. The van der Waals surface area contributed by atoms with E-state index in [1.165, 1.54) is 4.57 Å². The van der Waals surface area contributed by atoms with Crippen LogP contribution in [0.4, 0.5) is 5.95 Å². The van der Waals surface area contributed by atoms with Gasteiger partial charge in [0.2, 0.25) is 5.95 Å². The SMILES string of the molecule is C[C@@H]1C[C@@H](O)n2c(nc3nc4n(c3c2=O)[C@@H](C)C[C@@H]4O)N1. The zero-order valence-electron chi connectivity index (χ0n) is 11.8. The largest absolute Gasteiger partial charge is 0.385 e. The molecule has 0 amide bonds. The number of rotatable bonds is 0. The molecule has 0 bridgehead atoms. The van der Waals surface area contributed by atoms with Crippen molar-refractivity contribution in [1.29, 1.82) is 0 Å². The van der Waals surface area contributed by atoms with Crippen molar-refractivity contribution in [2.45, 2.75) is 51.1 Å². The summed E-state index contributed by atoms with van der Waals surface area (Å²) >= 11 is 0. The molecule has 2 aromatic rings. The molecule has 0 aromatic carbocycles. The van der Waals surface area contributed by atoms with Gasteiger partial charge in [-0.3, -0.25) is 4.79 Å². The summed E-state index contributed by atoms with van der Waals surface area (Å²) in [5, 5.41) is 23.3. The Morgan fingerprint density at radius 3 is 2.71 bits per heavy atom. The van der Waals surface area contributed by atoms with Gasteiger partial charge in [-0.1, -0.05) is 0 Å². The first-order chi connectivity index (χ1) is 9.97. The molecule has 2 aromatic heterocycles. The first kappa shape index (κ1) is 12.8. The molecule has 0 unspecified atom stereocenters. The second-order valence-electron chi connectivity index (χ2n) is 5.99. The number of nitrogens with zero attached hydrogens (tertiary/aromatic N) is 4. The maximum Gasteiger partial charge on any atom is 0.283 e. The Labute approximate surface area is 120 Å². The highest BCUT2D eigenvalue weighted by Gasteiger charge is 2.34. The van der Waals surface area contributed by atoms with Gasteiger partial charge in [-0.05, 0) is 13.8 Å². The van der Waals surface area contributed by atoms with Gasteiger partial charge in [-0.15, -0.1) is 0 Å². The molecule has 21 heavy (non-hydrogen) atoms. The molecule has 0 spiro atoms. The molecule has 8 heteroatoms. The number of aliphatic hydroxyl groups is 2. The molecule has 4 atom stereocenters. The third kappa shape index (κ3) is 1.60. The van der Waals surface area contributed by atoms with Crippen molar-refractivity contribution in [2.75, 3.05) is 5.32 Å². The third-order valence-electron chi connectivity index (χ3n) is 4.32. The highest BCUT2D eigenvalue weighted by Crippen LogP contribution is 2.36. The Bertz CT molecular complexity index is 795. The van der Waals surface area contributed by atoms with Gasteiger partial charge in [0.05, 0.1) is 0 Å². The van der Waals surface area contributed by atoms with Gasteiger partial charge >= 0.3 is 0 Å². The number of hydrogen-bond donors (Lipinski definition) is 3. The first-order valence-corrected chi connectivity index (χ1v) is 7.14. The van der Waals surface area contributed by atoms with Gasteiger partial charge in [0.15, 0.2) is 11.2 Å². The number of anilines is 1. The summed E-state index contributed by atoms with van der Waals surface area (Å²) in [6, 6.07) is 0.0177. The van der Waals surface area contributed by atoms with E-state index in [1.54, 1.807) is 4.57 Å². The van der Waals surface area contributed by atoms with Crippen LogP contribution in [-0.4, -0.2) is 35.4 Å². The van der Waals surface area contributed by atoms with Crippen LogP contribution in [0, 0.1) is 0 Å². The van der Waals surface area contributed by atoms with Gasteiger partial charge in [-0.25, -0.2) is 9.55 Å². The highest BCUT2D eigenvalue weighted by molar-refractivity contribution is 5.73. The summed E-state index contributed by atoms with van der Waals surface area (Å²) < 4.78 is 3.02. The molecule has 2 aliphatic heterocycles. The Hall–Kier alpha value is -1.93. The number of fused-ring (bicyclic) bond motifs is 4. The summed E-state index contributed by atoms with van der Waals surface area (Å²) in [5.41, 5.74) is 0.357. The third-order valence-corrected chi connectivity index (χ3v) is 4.32. The van der Waals surface area contributed by atoms with E-state index in [1.807, 2.05) is 13.8 Å². The summed E-state index contributed by atoms with van der Waals surface area (Å²) in [6.45, 7) is 3.85. The maximum absolute atomic E-state index is 12.7. The van der Waals surface area contributed by atoms with E-state index >= 15 is 0 Å². The fourth-order valence-corrected chi connectivity index (χ4v) is 3.37. The van der Waals surface area contributed by atoms with Gasteiger partial charge in [0, 0.05) is 24.9 Å². The van der Waals surface area contributed by atoms with Crippen LogP contribution in [0.3, 0.4) is 0 Å². The van der Waals surface area contributed by atoms with Crippen LogP contribution in [0.2, 0.25) is 0 Å². The molecule has 2 aliphatic rings. The van der Waals surface area contributed by atoms with Crippen LogP contribution in [0.5, 0.6) is 0 Å². The number of imidazole rings is 1. The van der Waals surface area contributed by atoms with E-state index < -0.39 is 12.3 Å². The van der Waals surface area contributed by atoms with Crippen LogP contribution >= 0.6 is 0 Å². The Balaban J connectivity index is 2.06. The van der Waals surface area contributed by atoms with Gasteiger partial charge in [0.1, 0.15) is 18.2 Å².